The van der Waals surface area contributed by atoms with E-state index in [1.807, 2.05) is 6.07 Å². The van der Waals surface area contributed by atoms with E-state index in [0.29, 0.717) is 5.92 Å². The molecule has 0 saturated heterocycles. The van der Waals surface area contributed by atoms with Crippen molar-refractivity contribution in [3.8, 4) is 28.3 Å². The molecule has 1 aromatic heterocycles. The minimum atomic E-state index is 0.158. The van der Waals surface area contributed by atoms with E-state index in [4.69, 9.17) is 0 Å². The summed E-state index contributed by atoms with van der Waals surface area (Å²) in [5.41, 5.74) is 19.2. The summed E-state index contributed by atoms with van der Waals surface area (Å²) in [6.07, 6.45) is 16.4. The number of fused-ring (bicyclic) bond motifs is 9. The third kappa shape index (κ3) is 4.61. The number of para-hydroxylation sites is 1. The second-order valence-electron chi connectivity index (χ2n) is 15.1. The number of hydrogen-bond acceptors (Lipinski definition) is 1. The van der Waals surface area contributed by atoms with Crippen LogP contribution in [0.5, 0.6) is 0 Å². The fourth-order valence-corrected chi connectivity index (χ4v) is 10.4. The summed E-state index contributed by atoms with van der Waals surface area (Å²) in [5.74, 6) is 0.740. The number of aromatic nitrogens is 1. The molecule has 4 aliphatic rings. The van der Waals surface area contributed by atoms with Gasteiger partial charge in [0.1, 0.15) is 0 Å². The van der Waals surface area contributed by atoms with E-state index >= 15 is 0 Å². The van der Waals surface area contributed by atoms with Crippen molar-refractivity contribution in [1.29, 1.82) is 5.26 Å². The van der Waals surface area contributed by atoms with Gasteiger partial charge in [-0.25, -0.2) is 0 Å². The molecule has 2 nitrogen and oxygen atoms in total. The van der Waals surface area contributed by atoms with Gasteiger partial charge in [-0.05, 0) is 120 Å². The average Bonchev–Trinajstić information content (AvgIpc) is 3.66. The van der Waals surface area contributed by atoms with Gasteiger partial charge < -0.3 is 4.57 Å². The summed E-state index contributed by atoms with van der Waals surface area (Å²) >= 11 is 0. The molecular formula is C49H42N2. The standard InChI is InChI=1S/C49H42N2/c1-2-35-44(26-14-18-32-16-5-3-4-6-20-36(32)46(35)34-19-13-15-31(27-34)30-50)51-45-25-12-11-24-40(45)43-29-42-39-23-10-9-22-38(39)41-28-33-17-7-8-21-37(33)48(47(41)42)49(43)51/h6-13,15,17,19-27,29,35,41,46H,2-5,14,16,18,28H2,1H3/b20-6-,36-32-,44-26+. The predicted octanol–water partition coefficient (Wildman–Crippen LogP) is 12.9. The number of benzene rings is 5. The van der Waals surface area contributed by atoms with Gasteiger partial charge in [-0.3, -0.25) is 0 Å². The second kappa shape index (κ2) is 12.1. The highest BCUT2D eigenvalue weighted by atomic mass is 15.0. The van der Waals surface area contributed by atoms with E-state index in [-0.39, 0.29) is 11.8 Å². The van der Waals surface area contributed by atoms with Gasteiger partial charge in [-0.2, -0.15) is 5.26 Å². The molecule has 0 aliphatic heterocycles. The SMILES string of the molecule is CCC1/C(n2c3ccccc3c3cc4c5c(c32)-c2ccccc2CC5c2ccccc2-4)=C\CC/C2=C(/C=C\CCCC2)C1c1cccc(C#N)c1. The molecular weight excluding hydrogens is 617 g/mol. The maximum absolute atomic E-state index is 10.1. The Morgan fingerprint density at radius 3 is 2.53 bits per heavy atom. The molecule has 10 rings (SSSR count). The lowest BCUT2D eigenvalue weighted by Gasteiger charge is -2.36. The van der Waals surface area contributed by atoms with Crippen molar-refractivity contribution < 1.29 is 0 Å². The number of nitriles is 1. The second-order valence-corrected chi connectivity index (χ2v) is 15.1. The van der Waals surface area contributed by atoms with E-state index in [0.717, 1.165) is 44.1 Å². The fourth-order valence-electron chi connectivity index (χ4n) is 10.4. The minimum Gasteiger partial charge on any atom is -0.312 e. The topological polar surface area (TPSA) is 28.7 Å². The lowest BCUT2D eigenvalue weighted by Crippen LogP contribution is -2.22. The normalized spacial score (nSPS) is 23.8. The van der Waals surface area contributed by atoms with Gasteiger partial charge in [-0.1, -0.05) is 110 Å². The zero-order valence-electron chi connectivity index (χ0n) is 29.3. The Morgan fingerprint density at radius 1 is 0.784 bits per heavy atom. The summed E-state index contributed by atoms with van der Waals surface area (Å²) in [6.45, 7) is 2.38. The van der Waals surface area contributed by atoms with Gasteiger partial charge in [0, 0.05) is 39.8 Å². The summed E-state index contributed by atoms with van der Waals surface area (Å²) in [4.78, 5) is 0. The highest BCUT2D eigenvalue weighted by Crippen LogP contribution is 2.58. The molecule has 3 unspecified atom stereocenters. The zero-order valence-corrected chi connectivity index (χ0v) is 29.3. The molecule has 0 spiro atoms. The van der Waals surface area contributed by atoms with Gasteiger partial charge in [0.15, 0.2) is 0 Å². The van der Waals surface area contributed by atoms with Gasteiger partial charge in [0.25, 0.3) is 0 Å². The lowest BCUT2D eigenvalue weighted by atomic mass is 9.72. The molecule has 2 heteroatoms. The van der Waals surface area contributed by atoms with Crippen molar-refractivity contribution in [1.82, 2.24) is 4.57 Å². The maximum atomic E-state index is 10.1. The van der Waals surface area contributed by atoms with Crippen LogP contribution in [0.3, 0.4) is 0 Å². The van der Waals surface area contributed by atoms with Crippen LogP contribution in [0.4, 0.5) is 0 Å². The van der Waals surface area contributed by atoms with Crippen LogP contribution in [0.2, 0.25) is 0 Å². The third-order valence-corrected chi connectivity index (χ3v) is 12.5. The Balaban J connectivity index is 1.30. The third-order valence-electron chi connectivity index (χ3n) is 12.5. The first-order chi connectivity index (χ1) is 25.2. The molecule has 1 heterocycles. The van der Waals surface area contributed by atoms with Crippen LogP contribution in [0.15, 0.2) is 133 Å². The molecule has 3 atom stereocenters. The zero-order chi connectivity index (χ0) is 34.1. The van der Waals surface area contributed by atoms with E-state index in [2.05, 4.69) is 133 Å². The van der Waals surface area contributed by atoms with Crippen molar-refractivity contribution in [2.24, 2.45) is 5.92 Å². The van der Waals surface area contributed by atoms with Crippen LogP contribution in [0.25, 0.3) is 49.8 Å². The quantitative estimate of drug-likeness (QED) is 0.186. The van der Waals surface area contributed by atoms with Gasteiger partial charge >= 0.3 is 0 Å². The first-order valence-corrected chi connectivity index (χ1v) is 19.1. The molecule has 248 valence electrons. The minimum absolute atomic E-state index is 0.158. The molecule has 4 aliphatic carbocycles. The van der Waals surface area contributed by atoms with Crippen molar-refractivity contribution >= 4 is 27.5 Å². The Kier molecular flexibility index (Phi) is 7.24. The molecule has 0 amide bonds. The summed E-state index contributed by atoms with van der Waals surface area (Å²) in [5, 5.41) is 12.7. The number of rotatable bonds is 3. The summed E-state index contributed by atoms with van der Waals surface area (Å²) < 4.78 is 2.70. The largest absolute Gasteiger partial charge is 0.312 e. The van der Waals surface area contributed by atoms with E-state index in [1.165, 1.54) is 90.4 Å². The lowest BCUT2D eigenvalue weighted by molar-refractivity contribution is 0.534. The van der Waals surface area contributed by atoms with Crippen molar-refractivity contribution in [2.75, 3.05) is 0 Å². The van der Waals surface area contributed by atoms with Crippen molar-refractivity contribution in [2.45, 2.75) is 70.1 Å². The van der Waals surface area contributed by atoms with Gasteiger partial charge in [-0.15, -0.1) is 0 Å². The molecule has 0 fully saturated rings. The molecule has 0 bridgehead atoms. The summed E-state index contributed by atoms with van der Waals surface area (Å²) in [7, 11) is 0. The van der Waals surface area contributed by atoms with Crippen LogP contribution >= 0.6 is 0 Å². The summed E-state index contributed by atoms with van der Waals surface area (Å²) in [6, 6.07) is 41.0. The van der Waals surface area contributed by atoms with Crippen molar-refractivity contribution in [3.05, 3.63) is 160 Å². The van der Waals surface area contributed by atoms with E-state index in [1.54, 1.807) is 5.57 Å². The first-order valence-electron chi connectivity index (χ1n) is 19.1. The van der Waals surface area contributed by atoms with Crippen LogP contribution in [-0.2, 0) is 6.42 Å². The fraction of sp³-hybridized carbons (Fsp3) is 0.245. The van der Waals surface area contributed by atoms with Gasteiger partial charge in [0.2, 0.25) is 0 Å². The maximum Gasteiger partial charge on any atom is 0.0991 e. The predicted molar refractivity (Wildman–Crippen MR) is 212 cm³/mol. The number of hydrogen-bond donors (Lipinski definition) is 0. The van der Waals surface area contributed by atoms with Crippen LogP contribution in [0, 0.1) is 17.2 Å². The van der Waals surface area contributed by atoms with E-state index < -0.39 is 0 Å². The Labute approximate surface area is 301 Å². The Hall–Kier alpha value is -5.39. The number of nitrogens with zero attached hydrogens (tertiary/aromatic N) is 2. The van der Waals surface area contributed by atoms with Crippen LogP contribution < -0.4 is 0 Å². The average molecular weight is 659 g/mol. The molecule has 5 aromatic carbocycles. The van der Waals surface area contributed by atoms with Crippen LogP contribution in [-0.4, -0.2) is 4.57 Å². The smallest absolute Gasteiger partial charge is 0.0991 e. The molecule has 51 heavy (non-hydrogen) atoms. The van der Waals surface area contributed by atoms with Gasteiger partial charge in [0.05, 0.1) is 22.7 Å². The Bertz CT molecular complexity index is 2530. The molecule has 0 N–H and O–H groups in total. The Morgan fingerprint density at radius 2 is 1.63 bits per heavy atom. The van der Waals surface area contributed by atoms with Crippen molar-refractivity contribution in [3.63, 3.8) is 0 Å². The molecule has 0 saturated carbocycles. The first kappa shape index (κ1) is 30.4. The number of allylic oxidation sites excluding steroid dienone is 6. The van der Waals surface area contributed by atoms with E-state index in [9.17, 15) is 5.26 Å². The highest BCUT2D eigenvalue weighted by Gasteiger charge is 2.39. The molecule has 6 aromatic rings. The highest BCUT2D eigenvalue weighted by molar-refractivity contribution is 6.18. The van der Waals surface area contributed by atoms with Crippen LogP contribution in [0.1, 0.15) is 91.5 Å². The molecule has 0 radical (unpaired) electrons. The monoisotopic (exact) mass is 658 g/mol.